The van der Waals surface area contributed by atoms with Crippen molar-refractivity contribution >= 4 is 5.78 Å². The van der Waals surface area contributed by atoms with Gasteiger partial charge in [-0.2, -0.15) is 0 Å². The van der Waals surface area contributed by atoms with Crippen LogP contribution in [0.3, 0.4) is 0 Å². The Morgan fingerprint density at radius 2 is 1.84 bits per heavy atom. The predicted molar refractivity (Wildman–Crippen MR) is 80.2 cm³/mol. The van der Waals surface area contributed by atoms with Gasteiger partial charge in [0.2, 0.25) is 0 Å². The molecule has 2 heteroatoms. The maximum absolute atomic E-state index is 11.5. The van der Waals surface area contributed by atoms with Gasteiger partial charge in [0.15, 0.2) is 0 Å². The molecule has 0 bridgehead atoms. The predicted octanol–water partition coefficient (Wildman–Crippen LogP) is 4.03. The highest BCUT2D eigenvalue weighted by atomic mass is 16.1. The molecule has 2 nitrogen and oxygen atoms in total. The van der Waals surface area contributed by atoms with E-state index in [4.69, 9.17) is 0 Å². The second-order valence-corrected chi connectivity index (χ2v) is 7.07. The van der Waals surface area contributed by atoms with Crippen LogP contribution < -0.4 is 0 Å². The van der Waals surface area contributed by atoms with Gasteiger partial charge in [-0.1, -0.05) is 26.7 Å². The monoisotopic (exact) mass is 265 g/mol. The molecule has 0 aromatic rings. The summed E-state index contributed by atoms with van der Waals surface area (Å²) in [5, 5.41) is 0. The van der Waals surface area contributed by atoms with Crippen LogP contribution in [-0.2, 0) is 4.79 Å². The Labute approximate surface area is 118 Å². The van der Waals surface area contributed by atoms with Gasteiger partial charge in [0.05, 0.1) is 0 Å². The number of ketones is 1. The quantitative estimate of drug-likeness (QED) is 0.767. The number of hydrogen-bond donors (Lipinski definition) is 0. The van der Waals surface area contributed by atoms with E-state index in [-0.39, 0.29) is 0 Å². The molecule has 110 valence electrons. The highest BCUT2D eigenvalue weighted by molar-refractivity contribution is 5.76. The van der Waals surface area contributed by atoms with Gasteiger partial charge in [0.25, 0.3) is 0 Å². The van der Waals surface area contributed by atoms with Crippen molar-refractivity contribution in [3.05, 3.63) is 0 Å². The van der Waals surface area contributed by atoms with E-state index in [0.29, 0.717) is 11.8 Å². The van der Waals surface area contributed by atoms with Gasteiger partial charge in [-0.25, -0.2) is 0 Å². The first-order chi connectivity index (χ1) is 9.08. The lowest BCUT2D eigenvalue weighted by molar-refractivity contribution is -0.118. The fraction of sp³-hybridized carbons (Fsp3) is 0.941. The molecule has 1 aliphatic carbocycles. The largest absolute Gasteiger partial charge is 0.300 e. The summed E-state index contributed by atoms with van der Waals surface area (Å²) in [6, 6.07) is 1.28. The van der Waals surface area contributed by atoms with Crippen LogP contribution in [0.2, 0.25) is 0 Å². The number of carbonyl (C=O) groups is 1. The standard InChI is InChI=1S/C17H31NO/c1-13-8-9-17(11-14(13)2)18-10-6-4-5-7-16(18)12-15(3)19/h13-14,16-17H,4-12H2,1-3H3. The lowest BCUT2D eigenvalue weighted by atomic mass is 9.78. The Morgan fingerprint density at radius 3 is 2.53 bits per heavy atom. The molecular formula is C17H31NO. The number of hydrogen-bond acceptors (Lipinski definition) is 2. The van der Waals surface area contributed by atoms with Crippen molar-refractivity contribution in [2.45, 2.75) is 84.2 Å². The highest BCUT2D eigenvalue weighted by Crippen LogP contribution is 2.35. The van der Waals surface area contributed by atoms with Gasteiger partial charge in [0.1, 0.15) is 5.78 Å². The van der Waals surface area contributed by atoms with Gasteiger partial charge in [-0.15, -0.1) is 0 Å². The number of rotatable bonds is 3. The minimum Gasteiger partial charge on any atom is -0.300 e. The molecule has 1 saturated carbocycles. The van der Waals surface area contributed by atoms with Gasteiger partial charge in [-0.05, 0) is 57.4 Å². The van der Waals surface area contributed by atoms with E-state index in [9.17, 15) is 4.79 Å². The summed E-state index contributed by atoms with van der Waals surface area (Å²) < 4.78 is 0. The summed E-state index contributed by atoms with van der Waals surface area (Å²) in [7, 11) is 0. The smallest absolute Gasteiger partial charge is 0.131 e. The minimum atomic E-state index is 0.370. The summed E-state index contributed by atoms with van der Waals surface area (Å²) >= 11 is 0. The summed E-state index contributed by atoms with van der Waals surface area (Å²) in [5.74, 6) is 2.10. The third-order valence-corrected chi connectivity index (χ3v) is 5.49. The van der Waals surface area contributed by atoms with Crippen LogP contribution in [0.5, 0.6) is 0 Å². The first-order valence-electron chi connectivity index (χ1n) is 8.33. The lowest BCUT2D eigenvalue weighted by Gasteiger charge is -2.42. The molecule has 0 radical (unpaired) electrons. The molecule has 1 aliphatic heterocycles. The molecule has 1 heterocycles. The SMILES string of the molecule is CC(=O)CC1CCCCCN1C1CCC(C)C(C)C1. The second-order valence-electron chi connectivity index (χ2n) is 7.07. The van der Waals surface area contributed by atoms with E-state index in [1.807, 2.05) is 0 Å². The van der Waals surface area contributed by atoms with Crippen LogP contribution in [0.15, 0.2) is 0 Å². The fourth-order valence-electron chi connectivity index (χ4n) is 4.05. The summed E-state index contributed by atoms with van der Waals surface area (Å²) in [5.41, 5.74) is 0. The molecule has 0 aromatic heterocycles. The zero-order chi connectivity index (χ0) is 13.8. The van der Waals surface area contributed by atoms with Crippen molar-refractivity contribution in [2.75, 3.05) is 6.54 Å². The maximum Gasteiger partial charge on any atom is 0.131 e. The zero-order valence-corrected chi connectivity index (χ0v) is 13.0. The Kier molecular flexibility index (Phi) is 5.44. The van der Waals surface area contributed by atoms with E-state index >= 15 is 0 Å². The van der Waals surface area contributed by atoms with Gasteiger partial charge in [-0.3, -0.25) is 9.69 Å². The van der Waals surface area contributed by atoms with Crippen LogP contribution in [0, 0.1) is 11.8 Å². The van der Waals surface area contributed by atoms with Crippen LogP contribution in [-0.4, -0.2) is 29.3 Å². The van der Waals surface area contributed by atoms with E-state index < -0.39 is 0 Å². The number of Topliss-reactive ketones (excluding diaryl/α,β-unsaturated/α-hetero) is 1. The number of carbonyl (C=O) groups excluding carboxylic acids is 1. The third kappa shape index (κ3) is 4.05. The lowest BCUT2D eigenvalue weighted by Crippen LogP contribution is -2.46. The fourth-order valence-corrected chi connectivity index (χ4v) is 4.05. The summed E-state index contributed by atoms with van der Waals surface area (Å²) in [6.45, 7) is 7.79. The molecule has 1 saturated heterocycles. The first-order valence-corrected chi connectivity index (χ1v) is 8.33. The molecule has 0 amide bonds. The van der Waals surface area contributed by atoms with Crippen LogP contribution in [0.1, 0.15) is 72.1 Å². The average molecular weight is 265 g/mol. The van der Waals surface area contributed by atoms with Gasteiger partial charge >= 0.3 is 0 Å². The van der Waals surface area contributed by atoms with E-state index in [0.717, 1.165) is 24.3 Å². The molecule has 2 aliphatic rings. The first kappa shape index (κ1) is 15.0. The molecule has 4 atom stereocenters. The van der Waals surface area contributed by atoms with Crippen molar-refractivity contribution in [2.24, 2.45) is 11.8 Å². The van der Waals surface area contributed by atoms with Gasteiger partial charge < -0.3 is 0 Å². The molecule has 19 heavy (non-hydrogen) atoms. The topological polar surface area (TPSA) is 20.3 Å². The Hall–Kier alpha value is -0.370. The highest BCUT2D eigenvalue weighted by Gasteiger charge is 2.33. The van der Waals surface area contributed by atoms with Crippen molar-refractivity contribution < 1.29 is 4.79 Å². The molecule has 0 N–H and O–H groups in total. The Balaban J connectivity index is 2.02. The molecule has 4 unspecified atom stereocenters. The molecule has 0 aromatic carbocycles. The van der Waals surface area contributed by atoms with Crippen LogP contribution in [0.4, 0.5) is 0 Å². The van der Waals surface area contributed by atoms with Crippen molar-refractivity contribution in [3.63, 3.8) is 0 Å². The number of likely N-dealkylation sites (tertiary alicyclic amines) is 1. The third-order valence-electron chi connectivity index (χ3n) is 5.49. The van der Waals surface area contributed by atoms with Crippen molar-refractivity contribution in [1.29, 1.82) is 0 Å². The van der Waals surface area contributed by atoms with E-state index in [2.05, 4.69) is 18.7 Å². The average Bonchev–Trinajstić information content (AvgIpc) is 2.57. The Morgan fingerprint density at radius 1 is 1.05 bits per heavy atom. The minimum absolute atomic E-state index is 0.370. The molecular weight excluding hydrogens is 234 g/mol. The molecule has 2 rings (SSSR count). The van der Waals surface area contributed by atoms with E-state index in [1.165, 1.54) is 51.5 Å². The van der Waals surface area contributed by atoms with Crippen molar-refractivity contribution in [3.8, 4) is 0 Å². The van der Waals surface area contributed by atoms with Crippen LogP contribution in [0.25, 0.3) is 0 Å². The maximum atomic E-state index is 11.5. The zero-order valence-electron chi connectivity index (χ0n) is 13.0. The van der Waals surface area contributed by atoms with Crippen LogP contribution >= 0.6 is 0 Å². The Bertz CT molecular complexity index is 302. The normalized spacial score (nSPS) is 37.8. The summed E-state index contributed by atoms with van der Waals surface area (Å²) in [4.78, 5) is 14.3. The van der Waals surface area contributed by atoms with E-state index in [1.54, 1.807) is 6.92 Å². The second kappa shape index (κ2) is 6.88. The van der Waals surface area contributed by atoms with Crippen molar-refractivity contribution in [1.82, 2.24) is 4.90 Å². The molecule has 0 spiro atoms. The number of nitrogens with zero attached hydrogens (tertiary/aromatic N) is 1. The molecule has 2 fully saturated rings. The summed E-state index contributed by atoms with van der Waals surface area (Å²) in [6.07, 6.45) is 10.1. The van der Waals surface area contributed by atoms with Gasteiger partial charge in [0, 0.05) is 18.5 Å².